The molecule has 0 fully saturated rings. The van der Waals surface area contributed by atoms with E-state index >= 15 is 0 Å². The fourth-order valence-electron chi connectivity index (χ4n) is 1.41. The number of carbonyl (C=O) groups is 2. The number of benzene rings is 1. The van der Waals surface area contributed by atoms with Crippen molar-refractivity contribution in [1.29, 1.82) is 0 Å². The number of nitrogens with two attached hydrogens (primary N) is 1. The lowest BCUT2D eigenvalue weighted by Gasteiger charge is -2.15. The maximum Gasteiger partial charge on any atom is 0.341 e. The first kappa shape index (κ1) is 15.0. The van der Waals surface area contributed by atoms with Crippen LogP contribution in [0, 0.1) is 5.92 Å². The number of carbonyl (C=O) groups excluding carboxylic acids is 2. The highest BCUT2D eigenvalue weighted by molar-refractivity contribution is 5.96. The first-order valence-electron chi connectivity index (χ1n) is 6.25. The number of nitrogen functional groups attached to an aromatic ring is 1. The monoisotopic (exact) mass is 264 g/mol. The molecule has 0 bridgehead atoms. The second-order valence-corrected chi connectivity index (χ2v) is 4.77. The van der Waals surface area contributed by atoms with Crippen LogP contribution in [-0.2, 0) is 9.53 Å². The molecule has 1 unspecified atom stereocenters. The summed E-state index contributed by atoms with van der Waals surface area (Å²) in [5.74, 6) is -0.557. The Hall–Kier alpha value is -2.04. The Kier molecular flexibility index (Phi) is 5.36. The maximum atomic E-state index is 11.8. The minimum atomic E-state index is -0.842. The number of rotatable bonds is 5. The van der Waals surface area contributed by atoms with Crippen molar-refractivity contribution in [2.24, 2.45) is 5.92 Å². The molecule has 104 valence electrons. The molecule has 0 aromatic heterocycles. The van der Waals surface area contributed by atoms with Gasteiger partial charge in [-0.2, -0.15) is 0 Å². The summed E-state index contributed by atoms with van der Waals surface area (Å²) in [7, 11) is 0. The Morgan fingerprint density at radius 1 is 1.26 bits per heavy atom. The molecule has 0 saturated heterocycles. The number of nitrogens with one attached hydrogen (secondary N) is 1. The van der Waals surface area contributed by atoms with Crippen molar-refractivity contribution in [3.63, 3.8) is 0 Å². The fraction of sp³-hybridized carbons (Fsp3) is 0.429. The van der Waals surface area contributed by atoms with E-state index in [9.17, 15) is 9.59 Å². The molecule has 1 aromatic rings. The third kappa shape index (κ3) is 4.62. The van der Waals surface area contributed by atoms with Crippen molar-refractivity contribution in [3.8, 4) is 0 Å². The quantitative estimate of drug-likeness (QED) is 0.625. The van der Waals surface area contributed by atoms with E-state index in [-0.39, 0.29) is 11.5 Å². The molecule has 19 heavy (non-hydrogen) atoms. The zero-order valence-electron chi connectivity index (χ0n) is 11.5. The summed E-state index contributed by atoms with van der Waals surface area (Å²) in [5, 5.41) is 2.71. The predicted molar refractivity (Wildman–Crippen MR) is 73.6 cm³/mol. The van der Waals surface area contributed by atoms with Gasteiger partial charge in [-0.1, -0.05) is 26.0 Å². The van der Waals surface area contributed by atoms with Crippen molar-refractivity contribution in [1.82, 2.24) is 5.32 Å². The van der Waals surface area contributed by atoms with Gasteiger partial charge >= 0.3 is 5.97 Å². The third-order valence-electron chi connectivity index (χ3n) is 2.52. The number of amides is 1. The molecule has 1 atom stereocenters. The van der Waals surface area contributed by atoms with E-state index in [0.29, 0.717) is 18.2 Å². The molecule has 1 amide bonds. The van der Waals surface area contributed by atoms with Gasteiger partial charge in [-0.15, -0.1) is 0 Å². The Bertz CT molecular complexity index is 458. The van der Waals surface area contributed by atoms with Crippen LogP contribution >= 0.6 is 0 Å². The summed E-state index contributed by atoms with van der Waals surface area (Å²) in [6, 6.07) is 6.60. The van der Waals surface area contributed by atoms with Crippen LogP contribution in [0.1, 0.15) is 31.1 Å². The van der Waals surface area contributed by atoms with Crippen LogP contribution in [0.4, 0.5) is 5.69 Å². The van der Waals surface area contributed by atoms with Crippen LogP contribution in [0.25, 0.3) is 0 Å². The van der Waals surface area contributed by atoms with Gasteiger partial charge in [0.1, 0.15) is 0 Å². The number of hydrogen-bond acceptors (Lipinski definition) is 4. The number of para-hydroxylation sites is 1. The molecule has 5 nitrogen and oxygen atoms in total. The molecule has 1 aromatic carbocycles. The van der Waals surface area contributed by atoms with Gasteiger partial charge in [0.25, 0.3) is 5.91 Å². The van der Waals surface area contributed by atoms with Crippen molar-refractivity contribution < 1.29 is 14.3 Å². The van der Waals surface area contributed by atoms with Crippen LogP contribution in [0.3, 0.4) is 0 Å². The lowest BCUT2D eigenvalue weighted by Crippen LogP contribution is -2.37. The first-order valence-corrected chi connectivity index (χ1v) is 6.25. The van der Waals surface area contributed by atoms with Crippen molar-refractivity contribution in [3.05, 3.63) is 29.8 Å². The van der Waals surface area contributed by atoms with E-state index in [1.165, 1.54) is 6.92 Å². The lowest BCUT2D eigenvalue weighted by molar-refractivity contribution is -0.129. The number of hydrogen-bond donors (Lipinski definition) is 2. The molecule has 0 aliphatic heterocycles. The number of esters is 1. The van der Waals surface area contributed by atoms with E-state index in [4.69, 9.17) is 10.5 Å². The van der Waals surface area contributed by atoms with Crippen LogP contribution in [0.2, 0.25) is 0 Å². The van der Waals surface area contributed by atoms with Gasteiger partial charge in [-0.05, 0) is 25.0 Å². The van der Waals surface area contributed by atoms with Crippen LogP contribution in [-0.4, -0.2) is 24.5 Å². The van der Waals surface area contributed by atoms with Gasteiger partial charge < -0.3 is 15.8 Å². The van der Waals surface area contributed by atoms with E-state index in [1.807, 2.05) is 13.8 Å². The van der Waals surface area contributed by atoms with Crippen LogP contribution in [0.5, 0.6) is 0 Å². The average Bonchev–Trinajstić information content (AvgIpc) is 2.36. The van der Waals surface area contributed by atoms with E-state index in [0.717, 1.165) is 0 Å². The molecule has 1 rings (SSSR count). The topological polar surface area (TPSA) is 81.4 Å². The van der Waals surface area contributed by atoms with Gasteiger partial charge in [0.2, 0.25) is 0 Å². The number of ether oxygens (including phenoxy) is 1. The second-order valence-electron chi connectivity index (χ2n) is 4.77. The standard InChI is InChI=1S/C14H20N2O3/c1-9(2)8-16-13(17)10(3)19-14(18)11-6-4-5-7-12(11)15/h4-7,9-10H,8,15H2,1-3H3,(H,16,17). The molecular formula is C14H20N2O3. The molecular weight excluding hydrogens is 244 g/mol. The Labute approximate surface area is 113 Å². The SMILES string of the molecule is CC(C)CNC(=O)C(C)OC(=O)c1ccccc1N. The predicted octanol–water partition coefficient (Wildman–Crippen LogP) is 1.59. The Morgan fingerprint density at radius 3 is 2.47 bits per heavy atom. The van der Waals surface area contributed by atoms with Gasteiger partial charge in [-0.3, -0.25) is 4.79 Å². The minimum absolute atomic E-state index is 0.269. The van der Waals surface area contributed by atoms with E-state index in [1.54, 1.807) is 24.3 Å². The van der Waals surface area contributed by atoms with Crippen LogP contribution in [0.15, 0.2) is 24.3 Å². The van der Waals surface area contributed by atoms with Gasteiger partial charge in [0, 0.05) is 12.2 Å². The largest absolute Gasteiger partial charge is 0.449 e. The van der Waals surface area contributed by atoms with Gasteiger partial charge in [0.15, 0.2) is 6.10 Å². The lowest BCUT2D eigenvalue weighted by atomic mass is 10.2. The van der Waals surface area contributed by atoms with Crippen molar-refractivity contribution >= 4 is 17.6 Å². The average molecular weight is 264 g/mol. The summed E-state index contributed by atoms with van der Waals surface area (Å²) >= 11 is 0. The molecule has 0 heterocycles. The highest BCUT2D eigenvalue weighted by Crippen LogP contribution is 2.12. The first-order chi connectivity index (χ1) is 8.91. The summed E-state index contributed by atoms with van der Waals surface area (Å²) in [5.41, 5.74) is 6.28. The fourth-order valence-corrected chi connectivity index (χ4v) is 1.41. The van der Waals surface area contributed by atoms with Gasteiger partial charge in [-0.25, -0.2) is 4.79 Å². The molecule has 0 aliphatic rings. The highest BCUT2D eigenvalue weighted by Gasteiger charge is 2.19. The summed E-state index contributed by atoms with van der Waals surface area (Å²) < 4.78 is 5.08. The smallest absolute Gasteiger partial charge is 0.341 e. The van der Waals surface area contributed by atoms with Crippen molar-refractivity contribution in [2.45, 2.75) is 26.9 Å². The Balaban J connectivity index is 2.57. The molecule has 0 aliphatic carbocycles. The summed E-state index contributed by atoms with van der Waals surface area (Å²) in [6.45, 7) is 6.06. The molecule has 0 spiro atoms. The third-order valence-corrected chi connectivity index (χ3v) is 2.52. The summed E-state index contributed by atoms with van der Waals surface area (Å²) in [6.07, 6.45) is -0.842. The molecule has 0 radical (unpaired) electrons. The Morgan fingerprint density at radius 2 is 1.89 bits per heavy atom. The van der Waals surface area contributed by atoms with Gasteiger partial charge in [0.05, 0.1) is 5.56 Å². The zero-order chi connectivity index (χ0) is 14.4. The van der Waals surface area contributed by atoms with Crippen LogP contribution < -0.4 is 11.1 Å². The highest BCUT2D eigenvalue weighted by atomic mass is 16.5. The zero-order valence-corrected chi connectivity index (χ0v) is 11.5. The second kappa shape index (κ2) is 6.78. The molecule has 0 saturated carbocycles. The normalized spacial score (nSPS) is 12.0. The molecule has 3 N–H and O–H groups in total. The number of anilines is 1. The van der Waals surface area contributed by atoms with E-state index in [2.05, 4.69) is 5.32 Å². The van der Waals surface area contributed by atoms with E-state index < -0.39 is 12.1 Å². The van der Waals surface area contributed by atoms with Crippen molar-refractivity contribution in [2.75, 3.05) is 12.3 Å². The molecule has 5 heteroatoms. The minimum Gasteiger partial charge on any atom is -0.449 e. The maximum absolute atomic E-state index is 11.8. The summed E-state index contributed by atoms with van der Waals surface area (Å²) in [4.78, 5) is 23.5.